The van der Waals surface area contributed by atoms with E-state index in [4.69, 9.17) is 0 Å². The number of likely N-dealkylation sites (tertiary alicyclic amines) is 1. The van der Waals surface area contributed by atoms with E-state index >= 15 is 0 Å². The van der Waals surface area contributed by atoms with Crippen molar-refractivity contribution in [2.45, 2.75) is 64.3 Å². The zero-order valence-corrected chi connectivity index (χ0v) is 10.1. The van der Waals surface area contributed by atoms with E-state index in [-0.39, 0.29) is 6.04 Å². The lowest BCUT2D eigenvalue weighted by Crippen LogP contribution is -2.33. The van der Waals surface area contributed by atoms with Crippen LogP contribution in [0.25, 0.3) is 0 Å². The van der Waals surface area contributed by atoms with Crippen LogP contribution in [0.1, 0.15) is 58.3 Å². The fraction of sp³-hybridized carbons (Fsp3) is 0.923. The first-order valence-electron chi connectivity index (χ1n) is 6.58. The summed E-state index contributed by atoms with van der Waals surface area (Å²) >= 11 is 0. The minimum atomic E-state index is 0.217. The highest BCUT2D eigenvalue weighted by Crippen LogP contribution is 2.15. The summed E-state index contributed by atoms with van der Waals surface area (Å²) in [4.78, 5) is 13.3. The molecule has 15 heavy (non-hydrogen) atoms. The largest absolute Gasteiger partial charge is 0.302 e. The lowest BCUT2D eigenvalue weighted by atomic mass is 10.1. The minimum absolute atomic E-state index is 0.217. The molecule has 0 aromatic heterocycles. The Morgan fingerprint density at radius 3 is 2.40 bits per heavy atom. The molecule has 1 rings (SSSR count). The van der Waals surface area contributed by atoms with Crippen LogP contribution < -0.4 is 0 Å². The van der Waals surface area contributed by atoms with Gasteiger partial charge >= 0.3 is 0 Å². The molecule has 1 heterocycles. The average molecular weight is 211 g/mol. The zero-order chi connectivity index (χ0) is 10.9. The van der Waals surface area contributed by atoms with E-state index in [1.165, 1.54) is 44.9 Å². The van der Waals surface area contributed by atoms with Gasteiger partial charge in [-0.2, -0.15) is 0 Å². The predicted molar refractivity (Wildman–Crippen MR) is 64.0 cm³/mol. The van der Waals surface area contributed by atoms with E-state index in [1.54, 1.807) is 0 Å². The molecule has 0 radical (unpaired) electrons. The first-order chi connectivity index (χ1) is 7.38. The second kappa shape index (κ2) is 7.86. The molecule has 1 unspecified atom stereocenters. The van der Waals surface area contributed by atoms with Gasteiger partial charge in [-0.25, -0.2) is 0 Å². The van der Waals surface area contributed by atoms with Crippen molar-refractivity contribution in [2.24, 2.45) is 0 Å². The van der Waals surface area contributed by atoms with Crippen LogP contribution in [-0.2, 0) is 4.79 Å². The van der Waals surface area contributed by atoms with E-state index in [2.05, 4.69) is 11.8 Å². The van der Waals surface area contributed by atoms with Crippen LogP contribution >= 0.6 is 0 Å². The Hall–Kier alpha value is -0.370. The number of carbonyl (C=O) groups is 1. The molecule has 0 aromatic carbocycles. The van der Waals surface area contributed by atoms with Gasteiger partial charge in [-0.1, -0.05) is 39.0 Å². The molecule has 2 nitrogen and oxygen atoms in total. The third-order valence-corrected chi connectivity index (χ3v) is 3.37. The molecular weight excluding hydrogens is 186 g/mol. The molecular formula is C13H25NO. The molecule has 1 saturated heterocycles. The standard InChI is InChI=1S/C13H25NO/c1-2-3-4-5-6-9-13(12-15)14-10-7-8-11-14/h12-13H,2-11H2,1H3. The summed E-state index contributed by atoms with van der Waals surface area (Å²) in [6, 6.07) is 0.217. The number of hydrogen-bond donors (Lipinski definition) is 0. The van der Waals surface area contributed by atoms with E-state index in [0.29, 0.717) is 0 Å². The average Bonchev–Trinajstić information content (AvgIpc) is 2.77. The van der Waals surface area contributed by atoms with Crippen molar-refractivity contribution < 1.29 is 4.79 Å². The summed E-state index contributed by atoms with van der Waals surface area (Å²) in [6.45, 7) is 4.51. The van der Waals surface area contributed by atoms with Crippen molar-refractivity contribution in [1.82, 2.24) is 4.90 Å². The molecule has 0 bridgehead atoms. The monoisotopic (exact) mass is 211 g/mol. The fourth-order valence-corrected chi connectivity index (χ4v) is 2.37. The van der Waals surface area contributed by atoms with Crippen molar-refractivity contribution in [3.05, 3.63) is 0 Å². The summed E-state index contributed by atoms with van der Waals surface area (Å²) in [6.07, 6.45) is 11.3. The molecule has 0 N–H and O–H groups in total. The summed E-state index contributed by atoms with van der Waals surface area (Å²) in [5, 5.41) is 0. The molecule has 0 aliphatic carbocycles. The molecule has 1 atom stereocenters. The van der Waals surface area contributed by atoms with Gasteiger partial charge in [-0.3, -0.25) is 4.90 Å². The van der Waals surface area contributed by atoms with Crippen LogP contribution in [-0.4, -0.2) is 30.3 Å². The zero-order valence-electron chi connectivity index (χ0n) is 10.1. The van der Waals surface area contributed by atoms with Crippen molar-refractivity contribution in [1.29, 1.82) is 0 Å². The third-order valence-electron chi connectivity index (χ3n) is 3.37. The van der Waals surface area contributed by atoms with Crippen LogP contribution in [0.5, 0.6) is 0 Å². The van der Waals surface area contributed by atoms with Crippen LogP contribution in [0.15, 0.2) is 0 Å². The second-order valence-electron chi connectivity index (χ2n) is 4.65. The van der Waals surface area contributed by atoms with Crippen LogP contribution in [0.4, 0.5) is 0 Å². The normalized spacial score (nSPS) is 19.3. The fourth-order valence-electron chi connectivity index (χ4n) is 2.37. The van der Waals surface area contributed by atoms with E-state index in [1.807, 2.05) is 0 Å². The van der Waals surface area contributed by atoms with Crippen LogP contribution in [0, 0.1) is 0 Å². The van der Waals surface area contributed by atoms with Gasteiger partial charge in [0.05, 0.1) is 6.04 Å². The minimum Gasteiger partial charge on any atom is -0.302 e. The molecule has 0 saturated carbocycles. The quantitative estimate of drug-likeness (QED) is 0.454. The van der Waals surface area contributed by atoms with Crippen molar-refractivity contribution in [2.75, 3.05) is 13.1 Å². The highest BCUT2D eigenvalue weighted by Gasteiger charge is 2.20. The topological polar surface area (TPSA) is 20.3 Å². The van der Waals surface area contributed by atoms with Gasteiger partial charge < -0.3 is 4.79 Å². The number of hydrogen-bond acceptors (Lipinski definition) is 2. The van der Waals surface area contributed by atoms with Gasteiger partial charge in [0.1, 0.15) is 6.29 Å². The molecule has 1 aliphatic rings. The molecule has 0 spiro atoms. The maximum Gasteiger partial charge on any atom is 0.137 e. The summed E-state index contributed by atoms with van der Waals surface area (Å²) in [5.41, 5.74) is 0. The van der Waals surface area contributed by atoms with Gasteiger partial charge in [-0.15, -0.1) is 0 Å². The van der Waals surface area contributed by atoms with Gasteiger partial charge in [0.25, 0.3) is 0 Å². The first kappa shape index (κ1) is 12.7. The Bertz CT molecular complexity index is 164. The lowest BCUT2D eigenvalue weighted by Gasteiger charge is -2.22. The molecule has 2 heteroatoms. The molecule has 0 amide bonds. The Balaban J connectivity index is 2.08. The third kappa shape index (κ3) is 4.78. The maximum atomic E-state index is 11.0. The summed E-state index contributed by atoms with van der Waals surface area (Å²) < 4.78 is 0. The number of carbonyl (C=O) groups excluding carboxylic acids is 1. The highest BCUT2D eigenvalue weighted by molar-refractivity contribution is 5.57. The number of nitrogens with zero attached hydrogens (tertiary/aromatic N) is 1. The molecule has 0 aromatic rings. The Labute approximate surface area is 94.0 Å². The van der Waals surface area contributed by atoms with Crippen molar-refractivity contribution in [3.8, 4) is 0 Å². The Morgan fingerprint density at radius 1 is 1.13 bits per heavy atom. The lowest BCUT2D eigenvalue weighted by molar-refractivity contribution is -0.112. The Kier molecular flexibility index (Phi) is 6.66. The maximum absolute atomic E-state index is 11.0. The molecule has 1 aliphatic heterocycles. The summed E-state index contributed by atoms with van der Waals surface area (Å²) in [5.74, 6) is 0. The van der Waals surface area contributed by atoms with Gasteiger partial charge in [0.2, 0.25) is 0 Å². The molecule has 88 valence electrons. The Morgan fingerprint density at radius 2 is 1.80 bits per heavy atom. The number of aldehydes is 1. The van der Waals surface area contributed by atoms with Crippen LogP contribution in [0.2, 0.25) is 0 Å². The molecule has 1 fully saturated rings. The van der Waals surface area contributed by atoms with E-state index in [0.717, 1.165) is 25.8 Å². The predicted octanol–water partition coefficient (Wildman–Crippen LogP) is 3.01. The van der Waals surface area contributed by atoms with Gasteiger partial charge in [0.15, 0.2) is 0 Å². The van der Waals surface area contributed by atoms with Gasteiger partial charge in [0, 0.05) is 0 Å². The van der Waals surface area contributed by atoms with Crippen molar-refractivity contribution >= 4 is 6.29 Å². The van der Waals surface area contributed by atoms with Gasteiger partial charge in [-0.05, 0) is 32.4 Å². The smallest absolute Gasteiger partial charge is 0.137 e. The van der Waals surface area contributed by atoms with Crippen molar-refractivity contribution in [3.63, 3.8) is 0 Å². The number of rotatable bonds is 8. The highest BCUT2D eigenvalue weighted by atomic mass is 16.1. The van der Waals surface area contributed by atoms with Crippen LogP contribution in [0.3, 0.4) is 0 Å². The second-order valence-corrected chi connectivity index (χ2v) is 4.65. The number of unbranched alkanes of at least 4 members (excludes halogenated alkanes) is 4. The first-order valence-corrected chi connectivity index (χ1v) is 6.58. The van der Waals surface area contributed by atoms with E-state index < -0.39 is 0 Å². The SMILES string of the molecule is CCCCCCCC(C=O)N1CCCC1. The summed E-state index contributed by atoms with van der Waals surface area (Å²) in [7, 11) is 0. The van der Waals surface area contributed by atoms with E-state index in [9.17, 15) is 4.79 Å².